The van der Waals surface area contributed by atoms with Crippen LogP contribution in [0.25, 0.3) is 16.1 Å². The lowest BCUT2D eigenvalue weighted by molar-refractivity contribution is 0.0933. The molecule has 0 spiro atoms. The predicted octanol–water partition coefficient (Wildman–Crippen LogP) is 4.08. The maximum atomic E-state index is 14.1. The summed E-state index contributed by atoms with van der Waals surface area (Å²) in [6.07, 6.45) is 0. The Morgan fingerprint density at radius 3 is 2.62 bits per heavy atom. The SMILES string of the molecule is C[C@@H](NC(=O)c1ccc(=O)n(-c2ccccc2F)n1)c1ccc(-c2ccccc2CO)s1. The van der Waals surface area contributed by atoms with Gasteiger partial charge in [-0.15, -0.1) is 11.3 Å². The number of benzene rings is 2. The van der Waals surface area contributed by atoms with Crippen molar-refractivity contribution < 1.29 is 14.3 Å². The number of halogens is 1. The Morgan fingerprint density at radius 2 is 1.84 bits per heavy atom. The molecule has 0 aliphatic carbocycles. The molecule has 162 valence electrons. The van der Waals surface area contributed by atoms with E-state index in [9.17, 15) is 19.1 Å². The Labute approximate surface area is 187 Å². The number of hydrogen-bond acceptors (Lipinski definition) is 5. The zero-order valence-corrected chi connectivity index (χ0v) is 18.0. The molecular weight excluding hydrogens is 429 g/mol. The number of amides is 1. The molecule has 2 N–H and O–H groups in total. The minimum atomic E-state index is -0.609. The molecule has 0 saturated heterocycles. The van der Waals surface area contributed by atoms with Crippen LogP contribution < -0.4 is 10.9 Å². The quantitative estimate of drug-likeness (QED) is 0.465. The second kappa shape index (κ2) is 9.25. The lowest BCUT2D eigenvalue weighted by atomic mass is 10.1. The van der Waals surface area contributed by atoms with Crippen molar-refractivity contribution in [3.8, 4) is 16.1 Å². The van der Waals surface area contributed by atoms with E-state index in [1.54, 1.807) is 6.07 Å². The molecule has 0 saturated carbocycles. The molecule has 1 amide bonds. The molecule has 0 bridgehead atoms. The molecule has 2 aromatic carbocycles. The summed E-state index contributed by atoms with van der Waals surface area (Å²) in [4.78, 5) is 26.8. The minimum absolute atomic E-state index is 0.00195. The van der Waals surface area contributed by atoms with Crippen LogP contribution in [0, 0.1) is 5.82 Å². The molecule has 4 rings (SSSR count). The monoisotopic (exact) mass is 449 g/mol. The topological polar surface area (TPSA) is 84.2 Å². The van der Waals surface area contributed by atoms with Gasteiger partial charge in [-0.25, -0.2) is 4.39 Å². The number of aliphatic hydroxyl groups excluding tert-OH is 1. The van der Waals surface area contributed by atoms with Crippen molar-refractivity contribution in [2.24, 2.45) is 0 Å². The Bertz CT molecular complexity index is 1330. The molecule has 0 fully saturated rings. The Kier molecular flexibility index (Phi) is 6.25. The van der Waals surface area contributed by atoms with Crippen molar-refractivity contribution in [1.29, 1.82) is 0 Å². The molecular formula is C24H20FN3O3S. The van der Waals surface area contributed by atoms with E-state index in [1.165, 1.54) is 41.7 Å². The molecule has 32 heavy (non-hydrogen) atoms. The van der Waals surface area contributed by atoms with Gasteiger partial charge in [0.1, 0.15) is 17.2 Å². The summed E-state index contributed by atoms with van der Waals surface area (Å²) in [7, 11) is 0. The number of carbonyl (C=O) groups is 1. The fourth-order valence-electron chi connectivity index (χ4n) is 3.30. The summed E-state index contributed by atoms with van der Waals surface area (Å²) in [5.41, 5.74) is 1.22. The van der Waals surface area contributed by atoms with E-state index in [4.69, 9.17) is 0 Å². The summed E-state index contributed by atoms with van der Waals surface area (Å²) < 4.78 is 15.0. The van der Waals surface area contributed by atoms with Crippen LogP contribution in [-0.4, -0.2) is 20.8 Å². The highest BCUT2D eigenvalue weighted by molar-refractivity contribution is 7.15. The molecule has 6 nitrogen and oxygen atoms in total. The second-order valence-corrected chi connectivity index (χ2v) is 8.25. The van der Waals surface area contributed by atoms with Crippen molar-refractivity contribution in [2.45, 2.75) is 19.6 Å². The predicted molar refractivity (Wildman–Crippen MR) is 121 cm³/mol. The van der Waals surface area contributed by atoms with Crippen molar-refractivity contribution in [3.63, 3.8) is 0 Å². The molecule has 0 aliphatic rings. The Hall–Kier alpha value is -3.62. The van der Waals surface area contributed by atoms with E-state index < -0.39 is 17.3 Å². The van der Waals surface area contributed by atoms with Gasteiger partial charge in [0.15, 0.2) is 0 Å². The molecule has 1 atom stereocenters. The summed E-state index contributed by atoms with van der Waals surface area (Å²) in [6.45, 7) is 1.79. The number of carbonyl (C=O) groups excluding carboxylic acids is 1. The van der Waals surface area contributed by atoms with E-state index in [-0.39, 0.29) is 24.0 Å². The third-order valence-electron chi connectivity index (χ3n) is 4.97. The third-order valence-corrected chi connectivity index (χ3v) is 6.27. The van der Waals surface area contributed by atoms with Crippen LogP contribution in [0.1, 0.15) is 33.9 Å². The maximum Gasteiger partial charge on any atom is 0.272 e. The van der Waals surface area contributed by atoms with E-state index in [2.05, 4.69) is 10.4 Å². The standard InChI is InChI=1S/C24H20FN3O3S/c1-15(21-11-12-22(32-21)17-7-3-2-6-16(17)14-29)26-24(31)19-10-13-23(30)28(27-19)20-9-5-4-8-18(20)25/h2-13,15,29H,14H2,1H3,(H,26,31)/t15-/m1/s1. The van der Waals surface area contributed by atoms with Gasteiger partial charge in [-0.05, 0) is 48.4 Å². The highest BCUT2D eigenvalue weighted by Crippen LogP contribution is 2.33. The first kappa shape index (κ1) is 21.6. The van der Waals surface area contributed by atoms with Crippen LogP contribution in [0.5, 0.6) is 0 Å². The van der Waals surface area contributed by atoms with Crippen LogP contribution in [0.4, 0.5) is 4.39 Å². The third kappa shape index (κ3) is 4.37. The number of thiophene rings is 1. The first-order chi connectivity index (χ1) is 15.5. The number of nitrogens with one attached hydrogen (secondary N) is 1. The minimum Gasteiger partial charge on any atom is -0.392 e. The fraction of sp³-hybridized carbons (Fsp3) is 0.125. The normalized spacial score (nSPS) is 11.8. The average molecular weight is 450 g/mol. The van der Waals surface area contributed by atoms with Crippen molar-refractivity contribution >= 4 is 17.2 Å². The van der Waals surface area contributed by atoms with Gasteiger partial charge in [0.25, 0.3) is 11.5 Å². The van der Waals surface area contributed by atoms with Gasteiger partial charge < -0.3 is 10.4 Å². The zero-order chi connectivity index (χ0) is 22.7. The largest absolute Gasteiger partial charge is 0.392 e. The Morgan fingerprint density at radius 1 is 1.09 bits per heavy atom. The van der Waals surface area contributed by atoms with E-state index in [0.717, 1.165) is 25.6 Å². The maximum absolute atomic E-state index is 14.1. The number of aliphatic hydroxyl groups is 1. The van der Waals surface area contributed by atoms with Gasteiger partial charge >= 0.3 is 0 Å². The summed E-state index contributed by atoms with van der Waals surface area (Å²) in [5, 5.41) is 16.5. The number of aromatic nitrogens is 2. The lowest BCUT2D eigenvalue weighted by Gasteiger charge is -2.13. The van der Waals surface area contributed by atoms with Crippen LogP contribution in [0.15, 0.2) is 77.6 Å². The molecule has 8 heteroatoms. The van der Waals surface area contributed by atoms with Gasteiger partial charge in [-0.1, -0.05) is 36.4 Å². The first-order valence-electron chi connectivity index (χ1n) is 9.93. The van der Waals surface area contributed by atoms with Gasteiger partial charge in [0, 0.05) is 15.8 Å². The van der Waals surface area contributed by atoms with E-state index in [0.29, 0.717) is 0 Å². The number of nitrogens with zero attached hydrogens (tertiary/aromatic N) is 2. The highest BCUT2D eigenvalue weighted by Gasteiger charge is 2.17. The van der Waals surface area contributed by atoms with Gasteiger partial charge in [0.2, 0.25) is 0 Å². The van der Waals surface area contributed by atoms with Crippen LogP contribution in [0.2, 0.25) is 0 Å². The average Bonchev–Trinajstić information content (AvgIpc) is 3.30. The van der Waals surface area contributed by atoms with Crippen LogP contribution in [0.3, 0.4) is 0 Å². The van der Waals surface area contributed by atoms with Crippen molar-refractivity contribution in [2.75, 3.05) is 0 Å². The van der Waals surface area contributed by atoms with Gasteiger partial charge in [-0.2, -0.15) is 9.78 Å². The van der Waals surface area contributed by atoms with E-state index in [1.807, 2.05) is 43.3 Å². The molecule has 2 heterocycles. The van der Waals surface area contributed by atoms with Crippen LogP contribution in [-0.2, 0) is 6.61 Å². The summed E-state index contributed by atoms with van der Waals surface area (Å²) in [5.74, 6) is -1.09. The molecule has 2 aromatic heterocycles. The number of hydrogen-bond donors (Lipinski definition) is 2. The molecule has 0 aliphatic heterocycles. The lowest BCUT2D eigenvalue weighted by Crippen LogP contribution is -2.30. The number of rotatable bonds is 6. The zero-order valence-electron chi connectivity index (χ0n) is 17.2. The highest BCUT2D eigenvalue weighted by atomic mass is 32.1. The first-order valence-corrected chi connectivity index (χ1v) is 10.7. The number of para-hydroxylation sites is 1. The fourth-order valence-corrected chi connectivity index (χ4v) is 4.37. The van der Waals surface area contributed by atoms with Crippen molar-refractivity contribution in [3.05, 3.63) is 105 Å². The molecule has 0 unspecified atom stereocenters. The molecule has 4 aromatic rings. The molecule has 0 radical (unpaired) electrons. The smallest absolute Gasteiger partial charge is 0.272 e. The second-order valence-electron chi connectivity index (χ2n) is 7.13. The van der Waals surface area contributed by atoms with E-state index >= 15 is 0 Å². The Balaban J connectivity index is 1.55. The van der Waals surface area contributed by atoms with Crippen LogP contribution >= 0.6 is 11.3 Å². The van der Waals surface area contributed by atoms with Gasteiger partial charge in [-0.3, -0.25) is 9.59 Å². The summed E-state index contributed by atoms with van der Waals surface area (Å²) in [6, 6.07) is 19.4. The van der Waals surface area contributed by atoms with Gasteiger partial charge in [0.05, 0.1) is 12.6 Å². The summed E-state index contributed by atoms with van der Waals surface area (Å²) >= 11 is 1.51. The van der Waals surface area contributed by atoms with Crippen molar-refractivity contribution in [1.82, 2.24) is 15.1 Å².